The molecule has 6 heteroatoms. The van der Waals surface area contributed by atoms with Crippen LogP contribution in [0.1, 0.15) is 12.5 Å². The molecule has 1 atom stereocenters. The lowest BCUT2D eigenvalue weighted by Crippen LogP contribution is -2.41. The maximum atomic E-state index is 12.8. The Bertz CT molecular complexity index is 663. The van der Waals surface area contributed by atoms with E-state index in [1.54, 1.807) is 50.6 Å². The number of benzene rings is 1. The molecule has 1 amide bonds. The van der Waals surface area contributed by atoms with Gasteiger partial charge in [-0.2, -0.15) is 0 Å². The molecule has 0 aliphatic rings. The van der Waals surface area contributed by atoms with Gasteiger partial charge in [0.1, 0.15) is 11.9 Å². The van der Waals surface area contributed by atoms with Gasteiger partial charge in [-0.25, -0.2) is 0 Å². The molecule has 0 saturated heterocycles. The Morgan fingerprint density at radius 2 is 1.96 bits per heavy atom. The summed E-state index contributed by atoms with van der Waals surface area (Å²) in [6.45, 7) is 2.98. The van der Waals surface area contributed by atoms with E-state index in [9.17, 15) is 4.79 Å². The van der Waals surface area contributed by atoms with Gasteiger partial charge in [0.2, 0.25) is 0 Å². The third kappa shape index (κ3) is 5.55. The van der Waals surface area contributed by atoms with Crippen molar-refractivity contribution in [2.75, 3.05) is 32.3 Å². The lowest BCUT2D eigenvalue weighted by molar-refractivity contribution is -0.129. The number of nitrogens with zero attached hydrogens (tertiary/aromatic N) is 2. The Balaban J connectivity index is 2.02. The third-order valence-corrected chi connectivity index (χ3v) is 3.74. The van der Waals surface area contributed by atoms with E-state index < -0.39 is 6.10 Å². The predicted octanol–water partition coefficient (Wildman–Crippen LogP) is 2.67. The second-order valence-corrected chi connectivity index (χ2v) is 5.49. The molecule has 25 heavy (non-hydrogen) atoms. The van der Waals surface area contributed by atoms with E-state index in [0.717, 1.165) is 17.0 Å². The van der Waals surface area contributed by atoms with E-state index >= 15 is 0 Å². The number of hydrogen-bond acceptors (Lipinski definition) is 5. The van der Waals surface area contributed by atoms with Crippen molar-refractivity contribution in [1.82, 2.24) is 4.98 Å². The Hall–Kier alpha value is -2.44. The van der Waals surface area contributed by atoms with Crippen molar-refractivity contribution in [2.24, 2.45) is 0 Å². The maximum Gasteiger partial charge on any atom is 0.255 e. The molecule has 0 N–H and O–H groups in total. The molecule has 0 radical (unpaired) electrons. The minimum atomic E-state index is -0.587. The number of rotatable bonds is 9. The molecule has 0 aliphatic carbocycles. The molecular formula is C19H24N2O4. The van der Waals surface area contributed by atoms with E-state index in [1.807, 2.05) is 24.3 Å². The second kappa shape index (κ2) is 9.76. The van der Waals surface area contributed by atoms with Gasteiger partial charge in [-0.05, 0) is 36.8 Å². The summed E-state index contributed by atoms with van der Waals surface area (Å²) >= 11 is 0. The fourth-order valence-corrected chi connectivity index (χ4v) is 2.35. The van der Waals surface area contributed by atoms with Crippen LogP contribution < -0.4 is 9.64 Å². The van der Waals surface area contributed by atoms with Crippen LogP contribution in [0.5, 0.6) is 5.75 Å². The van der Waals surface area contributed by atoms with Crippen molar-refractivity contribution in [3.05, 3.63) is 54.4 Å². The first kappa shape index (κ1) is 18.9. The SMILES string of the molecule is COCCN(C(=O)C(C)OCc1cccc(OC)c1)c1ccncc1. The number of ether oxygens (including phenoxy) is 3. The Labute approximate surface area is 148 Å². The highest BCUT2D eigenvalue weighted by Gasteiger charge is 2.22. The monoisotopic (exact) mass is 344 g/mol. The summed E-state index contributed by atoms with van der Waals surface area (Å²) in [5.74, 6) is 0.643. The predicted molar refractivity (Wildman–Crippen MR) is 95.7 cm³/mol. The zero-order valence-corrected chi connectivity index (χ0v) is 14.8. The molecule has 134 valence electrons. The number of aromatic nitrogens is 1. The van der Waals surface area contributed by atoms with E-state index in [1.165, 1.54) is 0 Å². The van der Waals surface area contributed by atoms with E-state index in [2.05, 4.69) is 4.98 Å². The summed E-state index contributed by atoms with van der Waals surface area (Å²) in [5, 5.41) is 0. The summed E-state index contributed by atoms with van der Waals surface area (Å²) in [7, 11) is 3.23. The van der Waals surface area contributed by atoms with Crippen LogP contribution in [0.3, 0.4) is 0 Å². The lowest BCUT2D eigenvalue weighted by atomic mass is 10.2. The molecule has 1 heterocycles. The Morgan fingerprint density at radius 3 is 2.64 bits per heavy atom. The van der Waals surface area contributed by atoms with Crippen LogP contribution in [0, 0.1) is 0 Å². The normalized spacial score (nSPS) is 11.8. The third-order valence-electron chi connectivity index (χ3n) is 3.74. The molecule has 1 aromatic carbocycles. The maximum absolute atomic E-state index is 12.8. The summed E-state index contributed by atoms with van der Waals surface area (Å²) < 4.78 is 16.1. The van der Waals surface area contributed by atoms with E-state index in [-0.39, 0.29) is 5.91 Å². The van der Waals surface area contributed by atoms with Crippen molar-refractivity contribution in [2.45, 2.75) is 19.6 Å². The average Bonchev–Trinajstić information content (AvgIpc) is 2.67. The minimum Gasteiger partial charge on any atom is -0.497 e. The standard InChI is InChI=1S/C19H24N2O4/c1-15(25-14-16-5-4-6-18(13-16)24-3)19(22)21(11-12-23-2)17-7-9-20-10-8-17/h4-10,13,15H,11-12,14H2,1-3H3. The molecule has 0 aliphatic heterocycles. The van der Waals surface area contributed by atoms with Crippen LogP contribution in [0.15, 0.2) is 48.8 Å². The molecular weight excluding hydrogens is 320 g/mol. The van der Waals surface area contributed by atoms with Crippen molar-refractivity contribution < 1.29 is 19.0 Å². The molecule has 6 nitrogen and oxygen atoms in total. The Morgan fingerprint density at radius 1 is 1.20 bits per heavy atom. The van der Waals surface area contributed by atoms with Gasteiger partial charge in [0.05, 0.1) is 20.3 Å². The average molecular weight is 344 g/mol. The number of carbonyl (C=O) groups excluding carboxylic acids is 1. The lowest BCUT2D eigenvalue weighted by Gasteiger charge is -2.25. The van der Waals surface area contributed by atoms with Gasteiger partial charge in [-0.1, -0.05) is 12.1 Å². The van der Waals surface area contributed by atoms with E-state index in [4.69, 9.17) is 14.2 Å². The zero-order valence-electron chi connectivity index (χ0n) is 14.8. The molecule has 1 aromatic heterocycles. The van der Waals surface area contributed by atoms with Gasteiger partial charge >= 0.3 is 0 Å². The summed E-state index contributed by atoms with van der Waals surface area (Å²) in [6.07, 6.45) is 2.73. The van der Waals surface area contributed by atoms with Crippen LogP contribution in [0.2, 0.25) is 0 Å². The first-order valence-electron chi connectivity index (χ1n) is 8.10. The molecule has 1 unspecified atom stereocenters. The van der Waals surface area contributed by atoms with Gasteiger partial charge in [0.15, 0.2) is 0 Å². The first-order valence-corrected chi connectivity index (χ1v) is 8.10. The molecule has 2 aromatic rings. The van der Waals surface area contributed by atoms with Crippen molar-refractivity contribution in [1.29, 1.82) is 0 Å². The van der Waals surface area contributed by atoms with Crippen molar-refractivity contribution >= 4 is 11.6 Å². The van der Waals surface area contributed by atoms with Crippen molar-refractivity contribution in [3.8, 4) is 5.75 Å². The van der Waals surface area contributed by atoms with Gasteiger partial charge in [-0.3, -0.25) is 9.78 Å². The number of hydrogen-bond donors (Lipinski definition) is 0. The van der Waals surface area contributed by atoms with Gasteiger partial charge in [-0.15, -0.1) is 0 Å². The minimum absolute atomic E-state index is 0.119. The molecule has 0 spiro atoms. The molecule has 2 rings (SSSR count). The summed E-state index contributed by atoms with van der Waals surface area (Å²) in [4.78, 5) is 18.4. The number of pyridine rings is 1. The zero-order chi connectivity index (χ0) is 18.1. The largest absolute Gasteiger partial charge is 0.497 e. The molecule has 0 bridgehead atoms. The number of anilines is 1. The number of carbonyl (C=O) groups is 1. The van der Waals surface area contributed by atoms with Crippen LogP contribution in [-0.4, -0.2) is 44.4 Å². The highest BCUT2D eigenvalue weighted by molar-refractivity contribution is 5.96. The topological polar surface area (TPSA) is 60.9 Å². The van der Waals surface area contributed by atoms with Crippen LogP contribution in [0.4, 0.5) is 5.69 Å². The fraction of sp³-hybridized carbons (Fsp3) is 0.368. The smallest absolute Gasteiger partial charge is 0.255 e. The quantitative estimate of drug-likeness (QED) is 0.700. The highest BCUT2D eigenvalue weighted by atomic mass is 16.5. The summed E-state index contributed by atoms with van der Waals surface area (Å²) in [6, 6.07) is 11.2. The molecule has 0 fully saturated rings. The van der Waals surface area contributed by atoms with Crippen LogP contribution in [0.25, 0.3) is 0 Å². The first-order chi connectivity index (χ1) is 12.2. The Kier molecular flexibility index (Phi) is 7.37. The highest BCUT2D eigenvalue weighted by Crippen LogP contribution is 2.17. The van der Waals surface area contributed by atoms with Gasteiger partial charge < -0.3 is 19.1 Å². The summed E-state index contributed by atoms with van der Waals surface area (Å²) in [5.41, 5.74) is 1.72. The van der Waals surface area contributed by atoms with Crippen LogP contribution >= 0.6 is 0 Å². The number of amides is 1. The van der Waals surface area contributed by atoms with Gasteiger partial charge in [0.25, 0.3) is 5.91 Å². The van der Waals surface area contributed by atoms with E-state index in [0.29, 0.717) is 19.8 Å². The second-order valence-electron chi connectivity index (χ2n) is 5.49. The van der Waals surface area contributed by atoms with Crippen molar-refractivity contribution in [3.63, 3.8) is 0 Å². The molecule has 0 saturated carbocycles. The van der Waals surface area contributed by atoms with Crippen LogP contribution in [-0.2, 0) is 20.9 Å². The fourth-order valence-electron chi connectivity index (χ4n) is 2.35. The number of methoxy groups -OCH3 is 2. The van der Waals surface area contributed by atoms with Gasteiger partial charge in [0, 0.05) is 31.7 Å².